The highest BCUT2D eigenvalue weighted by molar-refractivity contribution is 9.10. The van der Waals surface area contributed by atoms with E-state index in [0.717, 1.165) is 36.3 Å². The van der Waals surface area contributed by atoms with Crippen LogP contribution in [0, 0.1) is 12.8 Å². The summed E-state index contributed by atoms with van der Waals surface area (Å²) in [6, 6.07) is 7.41. The van der Waals surface area contributed by atoms with Crippen LogP contribution in [0.2, 0.25) is 0 Å². The third-order valence-corrected chi connectivity index (χ3v) is 5.84. The molecule has 0 radical (unpaired) electrons. The summed E-state index contributed by atoms with van der Waals surface area (Å²) in [4.78, 5) is 13.2. The highest BCUT2D eigenvalue weighted by Gasteiger charge is 2.36. The lowest BCUT2D eigenvalue weighted by Gasteiger charge is -2.43. The molecule has 2 fully saturated rings. The maximum Gasteiger partial charge on any atom is 0.317 e. The van der Waals surface area contributed by atoms with Crippen molar-refractivity contribution < 1.29 is 9.90 Å². The van der Waals surface area contributed by atoms with Crippen LogP contribution in [0.3, 0.4) is 0 Å². The van der Waals surface area contributed by atoms with Crippen LogP contribution >= 0.6 is 15.9 Å². The third-order valence-electron chi connectivity index (χ3n) is 4.99. The molecule has 0 heterocycles. The molecule has 0 aliphatic heterocycles. The van der Waals surface area contributed by atoms with Gasteiger partial charge in [0.2, 0.25) is 0 Å². The quantitative estimate of drug-likeness (QED) is 0.726. The van der Waals surface area contributed by atoms with Gasteiger partial charge in [-0.1, -0.05) is 28.1 Å². The lowest BCUT2D eigenvalue weighted by Crippen LogP contribution is -2.54. The predicted octanol–water partition coefficient (Wildman–Crippen LogP) is 3.17. The van der Waals surface area contributed by atoms with Crippen molar-refractivity contribution in [1.82, 2.24) is 10.2 Å². The Bertz CT molecular complexity index is 568. The number of carbonyl (C=O) groups is 1. The van der Waals surface area contributed by atoms with E-state index in [9.17, 15) is 4.79 Å². The Hall–Kier alpha value is -0.910. The Kier molecular flexibility index (Phi) is 5.39. The molecule has 0 saturated heterocycles. The van der Waals surface area contributed by atoms with Crippen molar-refractivity contribution in [3.05, 3.63) is 33.8 Å². The lowest BCUT2D eigenvalue weighted by molar-refractivity contribution is -0.139. The van der Waals surface area contributed by atoms with Crippen LogP contribution in [0.4, 0.5) is 0 Å². The maximum atomic E-state index is 11.0. The first kappa shape index (κ1) is 16.9. The number of aryl methyl sites for hydroxylation is 1. The van der Waals surface area contributed by atoms with Gasteiger partial charge in [-0.3, -0.25) is 9.69 Å². The van der Waals surface area contributed by atoms with Gasteiger partial charge in [0, 0.05) is 29.6 Å². The van der Waals surface area contributed by atoms with Crippen molar-refractivity contribution in [2.24, 2.45) is 5.92 Å². The van der Waals surface area contributed by atoms with Gasteiger partial charge in [-0.25, -0.2) is 0 Å². The Morgan fingerprint density at radius 2 is 2.13 bits per heavy atom. The monoisotopic (exact) mass is 380 g/mol. The second kappa shape index (κ2) is 7.32. The molecule has 2 N–H and O–H groups in total. The number of rotatable bonds is 8. The number of nitrogens with one attached hydrogen (secondary N) is 1. The SMILES string of the molecule is Cc1ccc(CNC2CC(N(CC(=O)O)CC3CC3)C2)cc1Br. The van der Waals surface area contributed by atoms with Crippen molar-refractivity contribution in [3.8, 4) is 0 Å². The molecule has 2 saturated carbocycles. The van der Waals surface area contributed by atoms with E-state index in [-0.39, 0.29) is 6.54 Å². The number of hydrogen-bond acceptors (Lipinski definition) is 3. The average Bonchev–Trinajstić information content (AvgIpc) is 3.24. The van der Waals surface area contributed by atoms with Gasteiger partial charge < -0.3 is 10.4 Å². The largest absolute Gasteiger partial charge is 0.480 e. The minimum atomic E-state index is -0.702. The van der Waals surface area contributed by atoms with Gasteiger partial charge in [0.25, 0.3) is 0 Å². The van der Waals surface area contributed by atoms with Crippen molar-refractivity contribution in [1.29, 1.82) is 0 Å². The van der Waals surface area contributed by atoms with Crippen molar-refractivity contribution >= 4 is 21.9 Å². The van der Waals surface area contributed by atoms with Crippen LogP contribution in [0.1, 0.15) is 36.8 Å². The molecule has 0 spiro atoms. The van der Waals surface area contributed by atoms with Gasteiger partial charge in [-0.2, -0.15) is 0 Å². The number of halogens is 1. The van der Waals surface area contributed by atoms with Crippen LogP contribution < -0.4 is 5.32 Å². The van der Waals surface area contributed by atoms with E-state index in [0.29, 0.717) is 12.1 Å². The normalized spacial score (nSPS) is 23.8. The van der Waals surface area contributed by atoms with Crippen molar-refractivity contribution in [3.63, 3.8) is 0 Å². The molecule has 0 bridgehead atoms. The van der Waals surface area contributed by atoms with Crippen LogP contribution in [0.25, 0.3) is 0 Å². The molecule has 0 unspecified atom stereocenters. The molecular weight excluding hydrogens is 356 g/mol. The van der Waals surface area contributed by atoms with Crippen molar-refractivity contribution in [2.75, 3.05) is 13.1 Å². The van der Waals surface area contributed by atoms with E-state index in [4.69, 9.17) is 5.11 Å². The first-order valence-corrected chi connectivity index (χ1v) is 9.25. The molecule has 2 aliphatic carbocycles. The molecule has 1 aromatic rings. The van der Waals surface area contributed by atoms with Gasteiger partial charge in [0.15, 0.2) is 0 Å². The smallest absolute Gasteiger partial charge is 0.317 e. The van der Waals surface area contributed by atoms with E-state index < -0.39 is 5.97 Å². The van der Waals surface area contributed by atoms with E-state index in [1.165, 1.54) is 24.0 Å². The zero-order chi connectivity index (χ0) is 16.4. The third kappa shape index (κ3) is 4.78. The van der Waals surface area contributed by atoms with E-state index >= 15 is 0 Å². The minimum absolute atomic E-state index is 0.193. The van der Waals surface area contributed by atoms with Crippen LogP contribution in [0.5, 0.6) is 0 Å². The topological polar surface area (TPSA) is 52.6 Å². The molecule has 0 atom stereocenters. The number of hydrogen-bond donors (Lipinski definition) is 2. The first-order chi connectivity index (χ1) is 11.0. The van der Waals surface area contributed by atoms with Crippen LogP contribution in [-0.4, -0.2) is 41.1 Å². The summed E-state index contributed by atoms with van der Waals surface area (Å²) in [6.07, 6.45) is 4.67. The Morgan fingerprint density at radius 1 is 1.39 bits per heavy atom. The molecule has 126 valence electrons. The Morgan fingerprint density at radius 3 is 2.74 bits per heavy atom. The summed E-state index contributed by atoms with van der Waals surface area (Å²) in [5.41, 5.74) is 2.54. The summed E-state index contributed by atoms with van der Waals surface area (Å²) in [7, 11) is 0. The fraction of sp³-hybridized carbons (Fsp3) is 0.611. The number of carboxylic acid groups (broad SMARTS) is 1. The summed E-state index contributed by atoms with van der Waals surface area (Å²) in [6.45, 7) is 4.12. The van der Waals surface area contributed by atoms with Crippen molar-refractivity contribution in [2.45, 2.75) is 51.2 Å². The molecule has 1 aromatic carbocycles. The number of nitrogens with zero attached hydrogens (tertiary/aromatic N) is 1. The first-order valence-electron chi connectivity index (χ1n) is 8.45. The second-order valence-corrected chi connectivity index (χ2v) is 7.91. The van der Waals surface area contributed by atoms with Gasteiger partial charge in [-0.15, -0.1) is 0 Å². The molecule has 0 aromatic heterocycles. The highest BCUT2D eigenvalue weighted by Crippen LogP contribution is 2.33. The zero-order valence-corrected chi connectivity index (χ0v) is 15.2. The summed E-state index contributed by atoms with van der Waals surface area (Å²) in [5, 5.41) is 12.7. The molecule has 5 heteroatoms. The van der Waals surface area contributed by atoms with E-state index in [1.54, 1.807) is 0 Å². The van der Waals surface area contributed by atoms with Gasteiger partial charge in [0.1, 0.15) is 0 Å². The number of carboxylic acids is 1. The van der Waals surface area contributed by atoms with Crippen LogP contribution in [-0.2, 0) is 11.3 Å². The Labute approximate surface area is 146 Å². The van der Waals surface area contributed by atoms with Crippen LogP contribution in [0.15, 0.2) is 22.7 Å². The second-order valence-electron chi connectivity index (χ2n) is 7.05. The van der Waals surface area contributed by atoms with Gasteiger partial charge >= 0.3 is 5.97 Å². The summed E-state index contributed by atoms with van der Waals surface area (Å²) >= 11 is 3.57. The minimum Gasteiger partial charge on any atom is -0.480 e. The molecular formula is C18H25BrN2O2. The highest BCUT2D eigenvalue weighted by atomic mass is 79.9. The molecule has 4 nitrogen and oxygen atoms in total. The summed E-state index contributed by atoms with van der Waals surface area (Å²) in [5.74, 6) is 0.0397. The fourth-order valence-corrected chi connectivity index (χ4v) is 3.64. The number of aliphatic carboxylic acids is 1. The molecule has 3 rings (SSSR count). The fourth-order valence-electron chi connectivity index (χ4n) is 3.21. The standard InChI is InChI=1S/C18H25BrN2O2/c1-12-2-3-14(6-17(12)19)9-20-15-7-16(8-15)21(11-18(22)23)10-13-4-5-13/h2-3,6,13,15-16,20H,4-5,7-11H2,1H3,(H,22,23). The molecule has 23 heavy (non-hydrogen) atoms. The van der Waals surface area contributed by atoms with E-state index in [2.05, 4.69) is 51.3 Å². The number of benzene rings is 1. The average molecular weight is 381 g/mol. The maximum absolute atomic E-state index is 11.0. The zero-order valence-electron chi connectivity index (χ0n) is 13.6. The molecule has 2 aliphatic rings. The van der Waals surface area contributed by atoms with Gasteiger partial charge in [-0.05, 0) is 55.7 Å². The predicted molar refractivity (Wildman–Crippen MR) is 94.5 cm³/mol. The van der Waals surface area contributed by atoms with E-state index in [1.807, 2.05) is 0 Å². The lowest BCUT2D eigenvalue weighted by atomic mass is 9.85. The van der Waals surface area contributed by atoms with Gasteiger partial charge in [0.05, 0.1) is 6.54 Å². The Balaban J connectivity index is 1.43. The molecule has 0 amide bonds. The summed E-state index contributed by atoms with van der Waals surface area (Å²) < 4.78 is 1.15.